The SMILES string of the molecule is CSc1ccc(-c2ccc(C(CC3CC3)C(=O)O)cc2OCC2CC2)cc1. The Bertz CT molecular complexity index is 807. The van der Waals surface area contributed by atoms with Crippen LogP contribution in [0.5, 0.6) is 5.75 Å². The minimum Gasteiger partial charge on any atom is -0.493 e. The molecular weight excluding hydrogens is 356 g/mol. The minimum atomic E-state index is -0.730. The number of rotatable bonds is 9. The van der Waals surface area contributed by atoms with E-state index in [0.29, 0.717) is 11.8 Å². The highest BCUT2D eigenvalue weighted by Crippen LogP contribution is 2.41. The fraction of sp³-hybridized carbons (Fsp3) is 0.435. The highest BCUT2D eigenvalue weighted by atomic mass is 32.2. The Kier molecular flexibility index (Phi) is 5.44. The third-order valence-corrected chi connectivity index (χ3v) is 6.29. The normalized spacial score (nSPS) is 17.5. The fourth-order valence-corrected chi connectivity index (χ4v) is 3.85. The predicted molar refractivity (Wildman–Crippen MR) is 110 cm³/mol. The average molecular weight is 383 g/mol. The first-order chi connectivity index (χ1) is 13.1. The van der Waals surface area contributed by atoms with E-state index in [9.17, 15) is 9.90 Å². The van der Waals surface area contributed by atoms with Gasteiger partial charge in [-0.3, -0.25) is 4.79 Å². The number of thioether (sulfide) groups is 1. The Labute approximate surface area is 165 Å². The van der Waals surface area contributed by atoms with Crippen molar-refractivity contribution in [1.29, 1.82) is 0 Å². The van der Waals surface area contributed by atoms with Crippen molar-refractivity contribution in [1.82, 2.24) is 0 Å². The minimum absolute atomic E-state index is 0.436. The smallest absolute Gasteiger partial charge is 0.310 e. The van der Waals surface area contributed by atoms with Gasteiger partial charge in [-0.25, -0.2) is 0 Å². The Hall–Kier alpha value is -1.94. The summed E-state index contributed by atoms with van der Waals surface area (Å²) in [7, 11) is 0. The molecule has 0 saturated heterocycles. The number of carbonyl (C=O) groups is 1. The van der Waals surface area contributed by atoms with Gasteiger partial charge >= 0.3 is 5.97 Å². The predicted octanol–water partition coefficient (Wildman–Crippen LogP) is 5.83. The topological polar surface area (TPSA) is 46.5 Å². The van der Waals surface area contributed by atoms with E-state index in [1.54, 1.807) is 11.8 Å². The molecule has 1 N–H and O–H groups in total. The Morgan fingerprint density at radius 1 is 1.11 bits per heavy atom. The zero-order valence-corrected chi connectivity index (χ0v) is 16.5. The van der Waals surface area contributed by atoms with E-state index in [0.717, 1.165) is 48.3 Å². The van der Waals surface area contributed by atoms with Crippen LogP contribution in [0.25, 0.3) is 11.1 Å². The van der Waals surface area contributed by atoms with Crippen LogP contribution in [0.1, 0.15) is 43.6 Å². The average Bonchev–Trinajstić information content (AvgIpc) is 3.59. The van der Waals surface area contributed by atoms with E-state index in [4.69, 9.17) is 4.74 Å². The molecule has 2 fully saturated rings. The Morgan fingerprint density at radius 3 is 2.41 bits per heavy atom. The third kappa shape index (κ3) is 4.67. The highest BCUT2D eigenvalue weighted by molar-refractivity contribution is 7.98. The molecule has 0 heterocycles. The lowest BCUT2D eigenvalue weighted by atomic mass is 9.91. The summed E-state index contributed by atoms with van der Waals surface area (Å²) >= 11 is 1.72. The molecule has 0 aliphatic heterocycles. The molecule has 0 spiro atoms. The molecule has 4 rings (SSSR count). The van der Waals surface area contributed by atoms with Crippen LogP contribution in [-0.4, -0.2) is 23.9 Å². The van der Waals surface area contributed by atoms with Gasteiger partial charge in [-0.05, 0) is 66.7 Å². The molecule has 1 unspecified atom stereocenters. The van der Waals surface area contributed by atoms with Crippen LogP contribution in [-0.2, 0) is 4.79 Å². The maximum atomic E-state index is 11.8. The Morgan fingerprint density at radius 2 is 1.81 bits per heavy atom. The molecule has 2 aromatic rings. The van der Waals surface area contributed by atoms with Crippen LogP contribution in [0.2, 0.25) is 0 Å². The molecule has 2 aliphatic carbocycles. The van der Waals surface area contributed by atoms with Crippen molar-refractivity contribution in [3.05, 3.63) is 48.0 Å². The molecule has 2 saturated carbocycles. The number of hydrogen-bond acceptors (Lipinski definition) is 3. The molecule has 142 valence electrons. The zero-order chi connectivity index (χ0) is 18.8. The quantitative estimate of drug-likeness (QED) is 0.554. The number of carboxylic acids is 1. The summed E-state index contributed by atoms with van der Waals surface area (Å²) in [5.74, 6) is 0.877. The second-order valence-corrected chi connectivity index (χ2v) is 8.69. The lowest BCUT2D eigenvalue weighted by molar-refractivity contribution is -0.139. The van der Waals surface area contributed by atoms with Crippen LogP contribution in [0.4, 0.5) is 0 Å². The van der Waals surface area contributed by atoms with Crippen LogP contribution in [0, 0.1) is 11.8 Å². The number of carboxylic acid groups (broad SMARTS) is 1. The van der Waals surface area contributed by atoms with E-state index in [1.807, 2.05) is 18.2 Å². The molecule has 3 nitrogen and oxygen atoms in total. The summed E-state index contributed by atoms with van der Waals surface area (Å²) in [5.41, 5.74) is 3.02. The van der Waals surface area contributed by atoms with Gasteiger partial charge in [0.05, 0.1) is 12.5 Å². The van der Waals surface area contributed by atoms with E-state index in [-0.39, 0.29) is 0 Å². The number of aliphatic carboxylic acids is 1. The van der Waals surface area contributed by atoms with Crippen molar-refractivity contribution in [2.24, 2.45) is 11.8 Å². The lowest BCUT2D eigenvalue weighted by Crippen LogP contribution is -2.13. The lowest BCUT2D eigenvalue weighted by Gasteiger charge is -2.17. The van der Waals surface area contributed by atoms with E-state index in [2.05, 4.69) is 30.5 Å². The first-order valence-electron chi connectivity index (χ1n) is 9.78. The third-order valence-electron chi connectivity index (χ3n) is 5.54. The van der Waals surface area contributed by atoms with Crippen molar-refractivity contribution >= 4 is 17.7 Å². The van der Waals surface area contributed by atoms with Gasteiger partial charge < -0.3 is 9.84 Å². The van der Waals surface area contributed by atoms with Crippen molar-refractivity contribution < 1.29 is 14.6 Å². The van der Waals surface area contributed by atoms with Crippen LogP contribution in [0.3, 0.4) is 0 Å². The van der Waals surface area contributed by atoms with E-state index >= 15 is 0 Å². The second kappa shape index (κ2) is 7.97. The maximum Gasteiger partial charge on any atom is 0.310 e. The summed E-state index contributed by atoms with van der Waals surface area (Å²) in [5, 5.41) is 9.72. The van der Waals surface area contributed by atoms with Gasteiger partial charge in [0.2, 0.25) is 0 Å². The number of ether oxygens (including phenoxy) is 1. The summed E-state index contributed by atoms with van der Waals surface area (Å²) in [6, 6.07) is 14.4. The van der Waals surface area contributed by atoms with Crippen molar-refractivity contribution in [3.8, 4) is 16.9 Å². The van der Waals surface area contributed by atoms with Gasteiger partial charge in [0.25, 0.3) is 0 Å². The Balaban J connectivity index is 1.65. The van der Waals surface area contributed by atoms with Crippen LogP contribution >= 0.6 is 11.8 Å². The van der Waals surface area contributed by atoms with Crippen molar-refractivity contribution in [3.63, 3.8) is 0 Å². The standard InChI is InChI=1S/C23H26O3S/c1-27-19-9-6-17(7-10-19)20-11-8-18(13-22(20)26-14-16-4-5-16)21(23(24)25)12-15-2-3-15/h6-11,13,15-16,21H,2-5,12,14H2,1H3,(H,24,25). The molecule has 4 heteroatoms. The first-order valence-corrected chi connectivity index (χ1v) is 11.0. The zero-order valence-electron chi connectivity index (χ0n) is 15.7. The van der Waals surface area contributed by atoms with E-state index < -0.39 is 11.9 Å². The first kappa shape index (κ1) is 18.4. The summed E-state index contributed by atoms with van der Waals surface area (Å²) in [6.07, 6.45) is 7.59. The van der Waals surface area contributed by atoms with Crippen LogP contribution < -0.4 is 4.74 Å². The van der Waals surface area contributed by atoms with Gasteiger partial charge in [0.1, 0.15) is 5.75 Å². The van der Waals surface area contributed by atoms with Crippen molar-refractivity contribution in [2.75, 3.05) is 12.9 Å². The number of benzene rings is 2. The van der Waals surface area contributed by atoms with Gasteiger partial charge in [-0.15, -0.1) is 11.8 Å². The molecule has 2 aliphatic rings. The summed E-state index contributed by atoms with van der Waals surface area (Å²) in [6.45, 7) is 0.722. The summed E-state index contributed by atoms with van der Waals surface area (Å²) in [4.78, 5) is 13.1. The molecule has 1 atom stereocenters. The fourth-order valence-electron chi connectivity index (χ4n) is 3.44. The summed E-state index contributed by atoms with van der Waals surface area (Å²) < 4.78 is 6.17. The largest absolute Gasteiger partial charge is 0.493 e. The molecular formula is C23H26O3S. The van der Waals surface area contributed by atoms with Gasteiger partial charge in [0, 0.05) is 10.5 Å². The number of hydrogen-bond donors (Lipinski definition) is 1. The molecule has 2 aromatic carbocycles. The second-order valence-electron chi connectivity index (χ2n) is 7.81. The van der Waals surface area contributed by atoms with Crippen molar-refractivity contribution in [2.45, 2.75) is 42.9 Å². The molecule has 0 aromatic heterocycles. The molecule has 0 radical (unpaired) electrons. The van der Waals surface area contributed by atoms with Gasteiger partial charge in [-0.2, -0.15) is 0 Å². The van der Waals surface area contributed by atoms with Gasteiger partial charge in [0.15, 0.2) is 0 Å². The maximum absolute atomic E-state index is 11.8. The monoisotopic (exact) mass is 382 g/mol. The van der Waals surface area contributed by atoms with Crippen LogP contribution in [0.15, 0.2) is 47.4 Å². The van der Waals surface area contributed by atoms with E-state index in [1.165, 1.54) is 17.7 Å². The molecule has 0 amide bonds. The van der Waals surface area contributed by atoms with Gasteiger partial charge in [-0.1, -0.05) is 37.1 Å². The molecule has 0 bridgehead atoms. The highest BCUT2D eigenvalue weighted by Gasteiger charge is 2.31. The molecule has 27 heavy (non-hydrogen) atoms.